The number of rotatable bonds is 9. The van der Waals surface area contributed by atoms with Crippen LogP contribution in [0.5, 0.6) is 11.5 Å². The molecule has 164 valence electrons. The number of nitrogens with zero attached hydrogens (tertiary/aromatic N) is 1. The van der Waals surface area contributed by atoms with Crippen LogP contribution in [0.2, 0.25) is 0 Å². The van der Waals surface area contributed by atoms with Gasteiger partial charge in [0.1, 0.15) is 17.3 Å². The Hall–Kier alpha value is -3.26. The minimum atomic E-state index is -3.71. The van der Waals surface area contributed by atoms with Crippen molar-refractivity contribution in [2.24, 2.45) is 0 Å². The summed E-state index contributed by atoms with van der Waals surface area (Å²) in [5, 5.41) is 3.30. The van der Waals surface area contributed by atoms with Crippen LogP contribution in [0.25, 0.3) is 0 Å². The van der Waals surface area contributed by atoms with Crippen molar-refractivity contribution in [2.75, 3.05) is 30.8 Å². The maximum Gasteiger partial charge on any atom is 0.263 e. The van der Waals surface area contributed by atoms with E-state index >= 15 is 0 Å². The zero-order chi connectivity index (χ0) is 22.4. The Balaban J connectivity index is 1.62. The molecular weight excluding hydrogens is 414 g/mol. The average Bonchev–Trinajstić information content (AvgIpc) is 2.72. The second-order valence-corrected chi connectivity index (χ2v) is 8.88. The van der Waals surface area contributed by atoms with Gasteiger partial charge in [0.25, 0.3) is 10.0 Å². The molecule has 0 aliphatic rings. The molecule has 0 saturated heterocycles. The van der Waals surface area contributed by atoms with Crippen LogP contribution in [-0.2, 0) is 16.4 Å². The summed E-state index contributed by atoms with van der Waals surface area (Å²) in [4.78, 5) is 4.41. The van der Waals surface area contributed by atoms with Gasteiger partial charge in [0.05, 0.1) is 19.1 Å². The lowest BCUT2D eigenvalue weighted by atomic mass is 10.1. The van der Waals surface area contributed by atoms with Gasteiger partial charge in [0.15, 0.2) is 0 Å². The quantitative estimate of drug-likeness (QED) is 0.518. The largest absolute Gasteiger partial charge is 0.497 e. The van der Waals surface area contributed by atoms with Crippen molar-refractivity contribution >= 4 is 21.5 Å². The van der Waals surface area contributed by atoms with E-state index in [2.05, 4.69) is 15.0 Å². The average molecular weight is 442 g/mol. The number of pyridine rings is 1. The van der Waals surface area contributed by atoms with Crippen molar-refractivity contribution in [1.82, 2.24) is 4.98 Å². The van der Waals surface area contributed by atoms with Gasteiger partial charge in [-0.3, -0.25) is 4.72 Å². The number of anilines is 2. The van der Waals surface area contributed by atoms with Crippen LogP contribution in [-0.4, -0.2) is 34.2 Å². The number of nitrogens with one attached hydrogen (secondary N) is 2. The van der Waals surface area contributed by atoms with Crippen LogP contribution in [0, 0.1) is 13.8 Å². The monoisotopic (exact) mass is 441 g/mol. The van der Waals surface area contributed by atoms with Gasteiger partial charge < -0.3 is 14.8 Å². The zero-order valence-electron chi connectivity index (χ0n) is 18.1. The molecule has 2 N–H and O–H groups in total. The number of aromatic nitrogens is 1. The van der Waals surface area contributed by atoms with Crippen LogP contribution >= 0.6 is 0 Å². The predicted molar refractivity (Wildman–Crippen MR) is 123 cm³/mol. The molecule has 0 saturated carbocycles. The summed E-state index contributed by atoms with van der Waals surface area (Å²) < 4.78 is 38.4. The molecular formula is C23H27N3O4S. The topological polar surface area (TPSA) is 89.5 Å². The van der Waals surface area contributed by atoms with E-state index in [1.807, 2.05) is 38.1 Å². The molecule has 1 aromatic heterocycles. The normalized spacial score (nSPS) is 11.1. The lowest BCUT2D eigenvalue weighted by Gasteiger charge is -2.11. The van der Waals surface area contributed by atoms with Crippen LogP contribution in [0.15, 0.2) is 59.5 Å². The molecule has 8 heteroatoms. The summed E-state index contributed by atoms with van der Waals surface area (Å²) in [7, 11) is -0.466. The lowest BCUT2D eigenvalue weighted by Crippen LogP contribution is -2.14. The molecule has 0 atom stereocenters. The number of ether oxygens (including phenoxy) is 2. The number of aryl methyl sites for hydroxylation is 2. The molecule has 0 aliphatic heterocycles. The van der Waals surface area contributed by atoms with Crippen LogP contribution < -0.4 is 19.5 Å². The number of benzene rings is 2. The highest BCUT2D eigenvalue weighted by molar-refractivity contribution is 7.92. The Labute approximate surface area is 183 Å². The molecule has 3 aromatic rings. The fourth-order valence-corrected chi connectivity index (χ4v) is 4.20. The fourth-order valence-electron chi connectivity index (χ4n) is 3.20. The van der Waals surface area contributed by atoms with Gasteiger partial charge in [-0.15, -0.1) is 0 Å². The van der Waals surface area contributed by atoms with E-state index in [1.54, 1.807) is 44.6 Å². The summed E-state index contributed by atoms with van der Waals surface area (Å²) >= 11 is 0. The molecule has 0 radical (unpaired) electrons. The second-order valence-electron chi connectivity index (χ2n) is 7.20. The van der Waals surface area contributed by atoms with Gasteiger partial charge in [-0.25, -0.2) is 13.4 Å². The van der Waals surface area contributed by atoms with Crippen molar-refractivity contribution < 1.29 is 17.9 Å². The molecule has 0 fully saturated rings. The highest BCUT2D eigenvalue weighted by Crippen LogP contribution is 2.23. The Kier molecular flexibility index (Phi) is 7.02. The molecule has 2 aromatic carbocycles. The van der Waals surface area contributed by atoms with Crippen molar-refractivity contribution in [1.29, 1.82) is 0 Å². The maximum absolute atomic E-state index is 12.7. The third kappa shape index (κ3) is 6.11. The van der Waals surface area contributed by atoms with Crippen molar-refractivity contribution in [3.63, 3.8) is 0 Å². The predicted octanol–water partition coefficient (Wildman–Crippen LogP) is 4.17. The minimum Gasteiger partial charge on any atom is -0.497 e. The zero-order valence-corrected chi connectivity index (χ0v) is 18.9. The first-order chi connectivity index (χ1) is 14.8. The molecule has 31 heavy (non-hydrogen) atoms. The number of hydrogen-bond donors (Lipinski definition) is 2. The number of methoxy groups -OCH3 is 2. The van der Waals surface area contributed by atoms with Gasteiger partial charge in [0.2, 0.25) is 0 Å². The van der Waals surface area contributed by atoms with Gasteiger partial charge >= 0.3 is 0 Å². The summed E-state index contributed by atoms with van der Waals surface area (Å²) in [6, 6.07) is 16.0. The van der Waals surface area contributed by atoms with Crippen LogP contribution in [0.3, 0.4) is 0 Å². The Morgan fingerprint density at radius 1 is 0.903 bits per heavy atom. The van der Waals surface area contributed by atoms with E-state index in [4.69, 9.17) is 9.47 Å². The van der Waals surface area contributed by atoms with E-state index < -0.39 is 10.0 Å². The van der Waals surface area contributed by atoms with Gasteiger partial charge in [-0.1, -0.05) is 0 Å². The first-order valence-electron chi connectivity index (χ1n) is 9.83. The molecule has 1 heterocycles. The molecule has 7 nitrogen and oxygen atoms in total. The van der Waals surface area contributed by atoms with Crippen molar-refractivity contribution in [2.45, 2.75) is 25.2 Å². The third-order valence-electron chi connectivity index (χ3n) is 4.66. The minimum absolute atomic E-state index is 0.177. The third-order valence-corrected chi connectivity index (χ3v) is 6.03. The van der Waals surface area contributed by atoms with Gasteiger partial charge in [-0.2, -0.15) is 0 Å². The summed E-state index contributed by atoms with van der Waals surface area (Å²) in [6.45, 7) is 4.40. The Bertz CT molecular complexity index is 1100. The number of sulfonamides is 1. The highest BCUT2D eigenvalue weighted by Gasteiger charge is 2.15. The maximum atomic E-state index is 12.7. The van der Waals surface area contributed by atoms with Crippen LogP contribution in [0.1, 0.15) is 16.8 Å². The molecule has 0 unspecified atom stereocenters. The smallest absolute Gasteiger partial charge is 0.263 e. The summed E-state index contributed by atoms with van der Waals surface area (Å²) in [5.74, 6) is 1.80. The van der Waals surface area contributed by atoms with Gasteiger partial charge in [-0.05, 0) is 79.9 Å². The molecule has 0 aliphatic carbocycles. The Morgan fingerprint density at radius 3 is 2.13 bits per heavy atom. The van der Waals surface area contributed by atoms with E-state index in [-0.39, 0.29) is 4.90 Å². The first kappa shape index (κ1) is 22.4. The van der Waals surface area contributed by atoms with Gasteiger partial charge in [0, 0.05) is 24.0 Å². The standard InChI is InChI=1S/C23H27N3O4S/c1-16-11-17(2)25-23(12-16)26-31(27,28)22-7-5-19(6-8-22)24-10-9-18-13-20(29-3)15-21(14-18)30-4/h5-8,11-15,24H,9-10H2,1-4H3,(H,25,26). The highest BCUT2D eigenvalue weighted by atomic mass is 32.2. The van der Waals surface area contributed by atoms with E-state index in [0.29, 0.717) is 12.4 Å². The molecule has 3 rings (SSSR count). The summed E-state index contributed by atoms with van der Waals surface area (Å²) in [6.07, 6.45) is 0.757. The second kappa shape index (κ2) is 9.70. The number of hydrogen-bond acceptors (Lipinski definition) is 6. The van der Waals surface area contributed by atoms with E-state index in [9.17, 15) is 8.42 Å². The van der Waals surface area contributed by atoms with E-state index in [0.717, 1.165) is 40.4 Å². The molecule has 0 amide bonds. The van der Waals surface area contributed by atoms with Crippen LogP contribution in [0.4, 0.5) is 11.5 Å². The lowest BCUT2D eigenvalue weighted by molar-refractivity contribution is 0.393. The Morgan fingerprint density at radius 2 is 1.55 bits per heavy atom. The molecule has 0 bridgehead atoms. The summed E-state index contributed by atoms with van der Waals surface area (Å²) in [5.41, 5.74) is 3.61. The van der Waals surface area contributed by atoms with Crippen molar-refractivity contribution in [3.8, 4) is 11.5 Å². The molecule has 0 spiro atoms. The van der Waals surface area contributed by atoms with E-state index in [1.165, 1.54) is 0 Å². The van der Waals surface area contributed by atoms with Crippen molar-refractivity contribution in [3.05, 3.63) is 71.4 Å². The fraction of sp³-hybridized carbons (Fsp3) is 0.261. The SMILES string of the molecule is COc1cc(CCNc2ccc(S(=O)(=O)Nc3cc(C)cc(C)n3)cc2)cc(OC)c1. The first-order valence-corrected chi connectivity index (χ1v) is 11.3.